The van der Waals surface area contributed by atoms with Crippen molar-refractivity contribution in [2.24, 2.45) is 0 Å². The Morgan fingerprint density at radius 2 is 1.97 bits per heavy atom. The first-order chi connectivity index (χ1) is 14.1. The van der Waals surface area contributed by atoms with Crippen LogP contribution >= 0.6 is 12.1 Å². The molecule has 4 N–H and O–H groups in total. The fourth-order valence-corrected chi connectivity index (χ4v) is 3.69. The van der Waals surface area contributed by atoms with Crippen molar-refractivity contribution in [1.82, 2.24) is 14.8 Å². The predicted octanol–water partition coefficient (Wildman–Crippen LogP) is 5.26. The Hall–Kier alpha value is -2.48. The zero-order valence-corrected chi connectivity index (χ0v) is 17.7. The van der Waals surface area contributed by atoms with E-state index in [1.54, 1.807) is 0 Å². The molecule has 0 aliphatic rings. The number of hydroxylamine groups is 1. The molecule has 0 radical (unpaired) electrons. The van der Waals surface area contributed by atoms with E-state index in [0.29, 0.717) is 18.8 Å². The number of carbonyl (C=O) groups excluding carboxylic acids is 1. The molecule has 0 aliphatic carbocycles. The van der Waals surface area contributed by atoms with Gasteiger partial charge in [-0.25, -0.2) is 0 Å². The van der Waals surface area contributed by atoms with E-state index in [-0.39, 0.29) is 5.91 Å². The highest BCUT2D eigenvalue weighted by Crippen LogP contribution is 2.26. The highest BCUT2D eigenvalue weighted by Gasteiger charge is 2.15. The van der Waals surface area contributed by atoms with E-state index in [2.05, 4.69) is 21.9 Å². The van der Waals surface area contributed by atoms with E-state index < -0.39 is 0 Å². The first kappa shape index (κ1) is 21.2. The highest BCUT2D eigenvalue weighted by atomic mass is 32.2. The fraction of sp³-hybridized carbons (Fsp3) is 0.318. The summed E-state index contributed by atoms with van der Waals surface area (Å²) in [5, 5.41) is 13.9. The van der Waals surface area contributed by atoms with Crippen molar-refractivity contribution in [3.05, 3.63) is 65.4 Å². The summed E-state index contributed by atoms with van der Waals surface area (Å²) < 4.78 is 4.37. The van der Waals surface area contributed by atoms with Crippen molar-refractivity contribution in [3.8, 4) is 0 Å². The van der Waals surface area contributed by atoms with Crippen LogP contribution < -0.4 is 10.0 Å². The topological polar surface area (TPSA) is 80.4 Å². The molecule has 29 heavy (non-hydrogen) atoms. The number of hydrogen-bond acceptors (Lipinski definition) is 5. The molecule has 0 unspecified atom stereocenters. The predicted molar refractivity (Wildman–Crippen MR) is 120 cm³/mol. The van der Waals surface area contributed by atoms with Crippen LogP contribution in [0, 0.1) is 6.92 Å². The van der Waals surface area contributed by atoms with Gasteiger partial charge >= 0.3 is 0 Å². The summed E-state index contributed by atoms with van der Waals surface area (Å²) in [5.74, 6) is -0.121. The van der Waals surface area contributed by atoms with E-state index in [1.165, 1.54) is 4.47 Å². The number of H-pyrrole nitrogens is 1. The molecule has 1 aromatic heterocycles. The lowest BCUT2D eigenvalue weighted by Gasteiger charge is -2.14. The lowest BCUT2D eigenvalue weighted by molar-refractivity contribution is 0.0161. The molecule has 154 valence electrons. The van der Waals surface area contributed by atoms with E-state index in [0.717, 1.165) is 59.1 Å². The summed E-state index contributed by atoms with van der Waals surface area (Å²) in [7, 11) is 0. The van der Waals surface area contributed by atoms with Crippen LogP contribution in [0.3, 0.4) is 0 Å². The maximum Gasteiger partial charge on any atom is 0.268 e. The van der Waals surface area contributed by atoms with Gasteiger partial charge in [-0.1, -0.05) is 50.1 Å². The zero-order chi connectivity index (χ0) is 20.6. The molecule has 0 spiro atoms. The van der Waals surface area contributed by atoms with Gasteiger partial charge in [0.15, 0.2) is 0 Å². The molecule has 7 heteroatoms. The largest absolute Gasteiger partial charge is 0.350 e. The molecule has 0 saturated heterocycles. The number of carbonyl (C=O) groups is 1. The van der Waals surface area contributed by atoms with Crippen LogP contribution in [0.5, 0.6) is 0 Å². The standard InChI is InChI=1S/C22H28N4O2S/c1-3-4-8-13-26(28)29-25-18-11-12-20-19(14-18)16(2)21(24-20)22(27)23-15-17-9-6-5-7-10-17/h5-7,9-12,14,24-25,28H,3-4,8,13,15H2,1-2H3,(H,23,27). The smallest absolute Gasteiger partial charge is 0.268 e. The molecule has 0 saturated carbocycles. The summed E-state index contributed by atoms with van der Waals surface area (Å²) in [4.78, 5) is 15.9. The Labute approximate surface area is 175 Å². The van der Waals surface area contributed by atoms with Crippen molar-refractivity contribution in [2.75, 3.05) is 11.3 Å². The maximum atomic E-state index is 12.6. The van der Waals surface area contributed by atoms with Gasteiger partial charge in [-0.05, 0) is 42.7 Å². The molecular formula is C22H28N4O2S. The van der Waals surface area contributed by atoms with Crippen LogP contribution in [0.4, 0.5) is 5.69 Å². The third kappa shape index (κ3) is 5.76. The second-order valence-electron chi connectivity index (χ2n) is 7.03. The number of aryl methyl sites for hydroxylation is 1. The molecule has 1 amide bonds. The second kappa shape index (κ2) is 10.3. The summed E-state index contributed by atoms with van der Waals surface area (Å²) in [5.41, 5.74) is 4.32. The summed E-state index contributed by atoms with van der Waals surface area (Å²) in [6, 6.07) is 15.7. The molecule has 0 fully saturated rings. The third-order valence-electron chi connectivity index (χ3n) is 4.80. The summed E-state index contributed by atoms with van der Waals surface area (Å²) >= 11 is 1.16. The van der Waals surface area contributed by atoms with Crippen LogP contribution in [0.25, 0.3) is 10.9 Å². The van der Waals surface area contributed by atoms with Crippen LogP contribution in [0.1, 0.15) is 47.8 Å². The molecule has 3 aromatic rings. The number of aromatic nitrogens is 1. The molecule has 0 atom stereocenters. The molecule has 1 heterocycles. The van der Waals surface area contributed by atoms with E-state index in [1.807, 2.05) is 55.5 Å². The normalized spacial score (nSPS) is 11.2. The molecule has 0 bridgehead atoms. The third-order valence-corrected chi connectivity index (χ3v) is 5.52. The zero-order valence-electron chi connectivity index (χ0n) is 16.9. The average molecular weight is 413 g/mol. The van der Waals surface area contributed by atoms with Gasteiger partial charge in [0.25, 0.3) is 5.91 Å². The second-order valence-corrected chi connectivity index (χ2v) is 7.84. The van der Waals surface area contributed by atoms with Crippen molar-refractivity contribution < 1.29 is 10.0 Å². The lowest BCUT2D eigenvalue weighted by Crippen LogP contribution is -2.23. The van der Waals surface area contributed by atoms with E-state index >= 15 is 0 Å². The van der Waals surface area contributed by atoms with Gasteiger partial charge in [0.2, 0.25) is 0 Å². The Bertz CT molecular complexity index is 943. The minimum Gasteiger partial charge on any atom is -0.350 e. The number of unbranched alkanes of at least 4 members (excludes halogenated alkanes) is 2. The number of benzene rings is 2. The lowest BCUT2D eigenvalue weighted by atomic mass is 10.1. The summed E-state index contributed by atoms with van der Waals surface area (Å²) in [6.45, 7) is 5.18. The number of fused-ring (bicyclic) bond motifs is 1. The quantitative estimate of drug-likeness (QED) is 0.207. The number of hydrogen-bond donors (Lipinski definition) is 4. The van der Waals surface area contributed by atoms with Crippen molar-refractivity contribution in [1.29, 1.82) is 0 Å². The van der Waals surface area contributed by atoms with Crippen molar-refractivity contribution in [3.63, 3.8) is 0 Å². The van der Waals surface area contributed by atoms with E-state index in [4.69, 9.17) is 0 Å². The minimum atomic E-state index is -0.121. The average Bonchev–Trinajstić information content (AvgIpc) is 3.07. The van der Waals surface area contributed by atoms with Crippen LogP contribution in [0.15, 0.2) is 48.5 Å². The molecule has 6 nitrogen and oxygen atoms in total. The van der Waals surface area contributed by atoms with Crippen molar-refractivity contribution >= 4 is 34.6 Å². The number of amides is 1. The number of nitrogens with zero attached hydrogens (tertiary/aromatic N) is 1. The fourth-order valence-electron chi connectivity index (χ4n) is 3.13. The minimum absolute atomic E-state index is 0.121. The van der Waals surface area contributed by atoms with Gasteiger partial charge in [0, 0.05) is 29.7 Å². The van der Waals surface area contributed by atoms with Crippen LogP contribution in [-0.2, 0) is 6.54 Å². The van der Waals surface area contributed by atoms with Crippen molar-refractivity contribution in [2.45, 2.75) is 39.7 Å². The highest BCUT2D eigenvalue weighted by molar-refractivity contribution is 7.98. The number of rotatable bonds is 10. The molecule has 2 aromatic carbocycles. The number of nitrogens with one attached hydrogen (secondary N) is 3. The SMILES string of the molecule is CCCCCN(O)SNc1ccc2[nH]c(C(=O)NCc3ccccc3)c(C)c2c1. The van der Waals surface area contributed by atoms with Crippen LogP contribution in [0.2, 0.25) is 0 Å². The maximum absolute atomic E-state index is 12.6. The molecule has 3 rings (SSSR count). The van der Waals surface area contributed by atoms with Gasteiger partial charge in [0.05, 0.1) is 12.1 Å². The van der Waals surface area contributed by atoms with Crippen LogP contribution in [-0.4, -0.2) is 27.1 Å². The van der Waals surface area contributed by atoms with Gasteiger partial charge in [0.1, 0.15) is 5.69 Å². The van der Waals surface area contributed by atoms with Gasteiger partial charge < -0.3 is 20.2 Å². The number of aromatic amines is 1. The number of anilines is 1. The first-order valence-electron chi connectivity index (χ1n) is 9.92. The first-order valence-corrected chi connectivity index (χ1v) is 10.7. The van der Waals surface area contributed by atoms with E-state index in [9.17, 15) is 10.0 Å². The molecular weight excluding hydrogens is 384 g/mol. The van der Waals surface area contributed by atoms with Gasteiger partial charge in [-0.15, -0.1) is 4.47 Å². The van der Waals surface area contributed by atoms with Gasteiger partial charge in [-0.3, -0.25) is 4.79 Å². The summed E-state index contributed by atoms with van der Waals surface area (Å²) in [6.07, 6.45) is 3.18. The Morgan fingerprint density at radius 3 is 2.72 bits per heavy atom. The Balaban J connectivity index is 1.63. The molecule has 0 aliphatic heterocycles. The van der Waals surface area contributed by atoms with Gasteiger partial charge in [-0.2, -0.15) is 0 Å². The monoisotopic (exact) mass is 412 g/mol. The Morgan fingerprint density at radius 1 is 1.17 bits per heavy atom. The Kier molecular flexibility index (Phi) is 7.57.